The number of fused-ring (bicyclic) bond motifs is 2. The molecule has 4 aromatic rings. The Labute approximate surface area is 312 Å². The molecule has 11 heteroatoms. The average Bonchev–Trinajstić information content (AvgIpc) is 4.16. The Morgan fingerprint density at radius 3 is 1.51 bits per heavy atom. The summed E-state index contributed by atoms with van der Waals surface area (Å²) in [6.45, 7) is 6.62. The van der Waals surface area contributed by atoms with Gasteiger partial charge in [0.05, 0.1) is 51.5 Å². The van der Waals surface area contributed by atoms with Gasteiger partial charge in [-0.25, -0.2) is 0 Å². The number of piperidine rings is 2. The first-order chi connectivity index (χ1) is 25.8. The molecule has 2 saturated carbocycles. The molecule has 8 rings (SSSR count). The van der Waals surface area contributed by atoms with Crippen LogP contribution in [0.1, 0.15) is 58.3 Å². The quantitative estimate of drug-likeness (QED) is 0.160. The highest BCUT2D eigenvalue weighted by Gasteiger charge is 2.57. The standard InChI is InChI=1S/C22H28N2O4.C20H26N2O3/c1-4-28-21(25)22(8-9-22)15-6-11-24(12-7-15)18-5-10-23-17-14-20(27-3)19(26-2)13-16(17)18;1-24-18-11-15-16(12-19(18)25-2)21-8-3-17(15)22-9-4-14(5-10-22)20(13-23)6-7-20/h5,10,13-15H,4,6-9,11-12H2,1-3H3;3,8,11-12,14,23H,4-7,9-10,13H2,1-2H3. The van der Waals surface area contributed by atoms with E-state index in [4.69, 9.17) is 23.7 Å². The van der Waals surface area contributed by atoms with Crippen LogP contribution in [-0.4, -0.2) is 88.9 Å². The second-order valence-corrected chi connectivity index (χ2v) is 15.0. The molecule has 4 aliphatic rings. The van der Waals surface area contributed by atoms with Gasteiger partial charge in [0, 0.05) is 79.5 Å². The van der Waals surface area contributed by atoms with E-state index in [1.165, 1.54) is 18.5 Å². The maximum atomic E-state index is 12.4. The predicted molar refractivity (Wildman–Crippen MR) is 207 cm³/mol. The molecule has 0 spiro atoms. The minimum atomic E-state index is -0.209. The average molecular weight is 727 g/mol. The third-order valence-electron chi connectivity index (χ3n) is 12.4. The van der Waals surface area contributed by atoms with Gasteiger partial charge in [0.25, 0.3) is 0 Å². The van der Waals surface area contributed by atoms with Gasteiger partial charge in [-0.05, 0) is 99.8 Å². The highest BCUT2D eigenvalue weighted by molar-refractivity contribution is 5.95. The summed E-state index contributed by atoms with van der Waals surface area (Å²) in [6.07, 6.45) is 12.4. The second kappa shape index (κ2) is 15.5. The van der Waals surface area contributed by atoms with Crippen molar-refractivity contribution in [1.82, 2.24) is 9.97 Å². The number of anilines is 2. The number of rotatable bonds is 11. The van der Waals surface area contributed by atoms with Gasteiger partial charge in [-0.1, -0.05) is 0 Å². The summed E-state index contributed by atoms with van der Waals surface area (Å²) in [5.74, 6) is 3.93. The van der Waals surface area contributed by atoms with Crippen LogP contribution < -0.4 is 28.7 Å². The SMILES string of the molecule is CCOC(=O)C1(C2CCN(c3ccnc4cc(OC)c(OC)cc34)CC2)CC1.COc1cc2nccc(N3CCC(C4(CO)CC4)CC3)c2cc1OC. The van der Waals surface area contributed by atoms with Crippen molar-refractivity contribution in [2.45, 2.75) is 58.3 Å². The molecular weight excluding hydrogens is 672 g/mol. The molecule has 2 saturated heterocycles. The fraction of sp³-hybridized carbons (Fsp3) is 0.548. The van der Waals surface area contributed by atoms with Crippen LogP contribution in [0.5, 0.6) is 23.0 Å². The normalized spacial score (nSPS) is 19.3. The van der Waals surface area contributed by atoms with Gasteiger partial charge in [0.1, 0.15) is 0 Å². The fourth-order valence-electron chi connectivity index (χ4n) is 8.92. The molecule has 4 fully saturated rings. The molecule has 0 amide bonds. The number of hydrogen-bond donors (Lipinski definition) is 1. The Balaban J connectivity index is 0.000000165. The Kier molecular flexibility index (Phi) is 10.7. The lowest BCUT2D eigenvalue weighted by atomic mass is 9.81. The number of aliphatic hydroxyl groups is 1. The summed E-state index contributed by atoms with van der Waals surface area (Å²) < 4.78 is 27.1. The van der Waals surface area contributed by atoms with Crippen molar-refractivity contribution >= 4 is 39.1 Å². The number of ether oxygens (including phenoxy) is 5. The zero-order valence-corrected chi connectivity index (χ0v) is 31.9. The molecule has 0 radical (unpaired) electrons. The lowest BCUT2D eigenvalue weighted by Crippen LogP contribution is -2.39. The van der Waals surface area contributed by atoms with E-state index in [9.17, 15) is 9.90 Å². The number of carbonyl (C=O) groups excluding carboxylic acids is 1. The van der Waals surface area contributed by atoms with Gasteiger partial charge in [0.2, 0.25) is 0 Å². The van der Waals surface area contributed by atoms with E-state index >= 15 is 0 Å². The van der Waals surface area contributed by atoms with Crippen LogP contribution in [0, 0.1) is 22.7 Å². The van der Waals surface area contributed by atoms with Gasteiger partial charge in [-0.2, -0.15) is 0 Å². The largest absolute Gasteiger partial charge is 0.493 e. The van der Waals surface area contributed by atoms with E-state index < -0.39 is 0 Å². The van der Waals surface area contributed by atoms with Crippen molar-refractivity contribution in [3.63, 3.8) is 0 Å². The molecule has 0 unspecified atom stereocenters. The number of hydrogen-bond acceptors (Lipinski definition) is 11. The minimum absolute atomic E-state index is 0.0136. The molecule has 0 atom stereocenters. The highest BCUT2D eigenvalue weighted by atomic mass is 16.5. The van der Waals surface area contributed by atoms with E-state index in [2.05, 4.69) is 31.9 Å². The monoisotopic (exact) mass is 726 g/mol. The Hall–Kier alpha value is -4.51. The highest BCUT2D eigenvalue weighted by Crippen LogP contribution is 2.57. The van der Waals surface area contributed by atoms with Gasteiger partial charge in [-0.15, -0.1) is 0 Å². The van der Waals surface area contributed by atoms with Crippen LogP contribution in [0.25, 0.3) is 21.8 Å². The maximum Gasteiger partial charge on any atom is 0.312 e. The summed E-state index contributed by atoms with van der Waals surface area (Å²) in [6, 6.07) is 12.0. The number of methoxy groups -OCH3 is 4. The van der Waals surface area contributed by atoms with Crippen molar-refractivity contribution in [3.8, 4) is 23.0 Å². The van der Waals surface area contributed by atoms with E-state index in [0.29, 0.717) is 42.3 Å². The Bertz CT molecular complexity index is 1910. The molecule has 0 bridgehead atoms. The van der Waals surface area contributed by atoms with E-state index in [1.54, 1.807) is 28.4 Å². The fourth-order valence-corrected chi connectivity index (χ4v) is 8.92. The van der Waals surface area contributed by atoms with Crippen molar-refractivity contribution in [2.24, 2.45) is 22.7 Å². The van der Waals surface area contributed by atoms with Crippen molar-refractivity contribution in [2.75, 3.05) is 77.6 Å². The van der Waals surface area contributed by atoms with Gasteiger partial charge in [0.15, 0.2) is 23.0 Å². The minimum Gasteiger partial charge on any atom is -0.493 e. The predicted octanol–water partition coefficient (Wildman–Crippen LogP) is 7.05. The number of benzene rings is 2. The van der Waals surface area contributed by atoms with E-state index in [1.807, 2.05) is 43.6 Å². The number of aliphatic hydroxyl groups excluding tert-OH is 1. The van der Waals surface area contributed by atoms with Crippen LogP contribution in [0.3, 0.4) is 0 Å². The number of carbonyl (C=O) groups is 1. The molecule has 2 aliphatic carbocycles. The summed E-state index contributed by atoms with van der Waals surface area (Å²) in [4.78, 5) is 26.3. The first-order valence-electron chi connectivity index (χ1n) is 19.1. The second-order valence-electron chi connectivity index (χ2n) is 15.0. The van der Waals surface area contributed by atoms with Crippen molar-refractivity contribution in [1.29, 1.82) is 0 Å². The molecule has 2 aliphatic heterocycles. The summed E-state index contributed by atoms with van der Waals surface area (Å²) >= 11 is 0. The molecule has 11 nitrogen and oxygen atoms in total. The van der Waals surface area contributed by atoms with Crippen molar-refractivity contribution in [3.05, 3.63) is 48.8 Å². The lowest BCUT2D eigenvalue weighted by Gasteiger charge is -2.37. The van der Waals surface area contributed by atoms with Crippen LogP contribution >= 0.6 is 0 Å². The summed E-state index contributed by atoms with van der Waals surface area (Å²) in [5, 5.41) is 11.9. The Morgan fingerprint density at radius 1 is 0.698 bits per heavy atom. The van der Waals surface area contributed by atoms with Crippen molar-refractivity contribution < 1.29 is 33.6 Å². The molecule has 2 aromatic carbocycles. The summed E-state index contributed by atoms with van der Waals surface area (Å²) in [5.41, 5.74) is 4.21. The molecule has 1 N–H and O–H groups in total. The maximum absolute atomic E-state index is 12.4. The molecule has 53 heavy (non-hydrogen) atoms. The molecule has 284 valence electrons. The first-order valence-corrected chi connectivity index (χ1v) is 19.1. The topological polar surface area (TPSA) is 116 Å². The lowest BCUT2D eigenvalue weighted by molar-refractivity contribution is -0.152. The smallest absolute Gasteiger partial charge is 0.312 e. The van der Waals surface area contributed by atoms with Crippen LogP contribution in [0.4, 0.5) is 11.4 Å². The van der Waals surface area contributed by atoms with Crippen LogP contribution in [0.15, 0.2) is 48.8 Å². The van der Waals surface area contributed by atoms with Gasteiger partial charge in [-0.3, -0.25) is 14.8 Å². The molecule has 4 heterocycles. The van der Waals surface area contributed by atoms with Gasteiger partial charge >= 0.3 is 5.97 Å². The molecular formula is C42H54N4O7. The Morgan fingerprint density at radius 2 is 1.13 bits per heavy atom. The third kappa shape index (κ3) is 7.12. The number of nitrogens with zero attached hydrogens (tertiary/aromatic N) is 4. The number of esters is 1. The number of aromatic nitrogens is 2. The van der Waals surface area contributed by atoms with E-state index in [0.717, 1.165) is 97.9 Å². The zero-order valence-electron chi connectivity index (χ0n) is 31.9. The number of pyridine rings is 2. The first kappa shape index (κ1) is 36.8. The zero-order chi connectivity index (χ0) is 37.2. The summed E-state index contributed by atoms with van der Waals surface area (Å²) in [7, 11) is 6.59. The van der Waals surface area contributed by atoms with Crippen LogP contribution in [0.2, 0.25) is 0 Å². The van der Waals surface area contributed by atoms with Gasteiger partial charge < -0.3 is 38.6 Å². The third-order valence-corrected chi connectivity index (χ3v) is 12.4. The van der Waals surface area contributed by atoms with E-state index in [-0.39, 0.29) is 16.8 Å². The molecule has 2 aromatic heterocycles. The van der Waals surface area contributed by atoms with Crippen LogP contribution in [-0.2, 0) is 9.53 Å².